The van der Waals surface area contributed by atoms with E-state index < -0.39 is 5.97 Å². The van der Waals surface area contributed by atoms with Gasteiger partial charge in [0.2, 0.25) is 0 Å². The lowest BCUT2D eigenvalue weighted by Gasteiger charge is -1.87. The Balaban J connectivity index is 3.28. The molecule has 1 rings (SSSR count). The van der Waals surface area contributed by atoms with E-state index in [-0.39, 0.29) is 15.8 Å². The Morgan fingerprint density at radius 1 is 1.73 bits per heavy atom. The minimum Gasteiger partial charge on any atom is -0.478 e. The van der Waals surface area contributed by atoms with Gasteiger partial charge < -0.3 is 9.52 Å². The second kappa shape index (κ2) is 2.87. The predicted octanol–water partition coefficient (Wildman–Crippen LogP) is 1.55. The average molecular weight is 219 g/mol. The van der Waals surface area contributed by atoms with E-state index in [1.165, 1.54) is 0 Å². The highest BCUT2D eigenvalue weighted by atomic mass is 79.9. The molecule has 0 aliphatic heterocycles. The summed E-state index contributed by atoms with van der Waals surface area (Å²) in [4.78, 5) is 20.6. The highest BCUT2D eigenvalue weighted by Gasteiger charge is 2.17. The van der Waals surface area contributed by atoms with Crippen molar-refractivity contribution < 1.29 is 19.1 Å². The van der Waals surface area contributed by atoms with Crippen molar-refractivity contribution in [3.05, 3.63) is 22.1 Å². The Kier molecular flexibility index (Phi) is 2.09. The highest BCUT2D eigenvalue weighted by molar-refractivity contribution is 9.10. The van der Waals surface area contributed by atoms with Crippen molar-refractivity contribution in [2.24, 2.45) is 0 Å². The van der Waals surface area contributed by atoms with E-state index in [0.717, 1.165) is 6.26 Å². The van der Waals surface area contributed by atoms with E-state index in [2.05, 4.69) is 20.3 Å². The van der Waals surface area contributed by atoms with E-state index in [4.69, 9.17) is 5.11 Å². The molecule has 0 unspecified atom stereocenters. The first-order valence-electron chi connectivity index (χ1n) is 2.62. The molecule has 5 heteroatoms. The fourth-order valence-corrected chi connectivity index (χ4v) is 1.10. The quantitative estimate of drug-likeness (QED) is 0.766. The summed E-state index contributed by atoms with van der Waals surface area (Å²) in [5, 5.41) is 8.52. The van der Waals surface area contributed by atoms with Crippen LogP contribution in [0.4, 0.5) is 0 Å². The molecule has 0 saturated heterocycles. The molecule has 1 heterocycles. The van der Waals surface area contributed by atoms with Crippen LogP contribution in [0.1, 0.15) is 20.9 Å². The maximum atomic E-state index is 10.4. The third kappa shape index (κ3) is 1.32. The number of aldehydes is 1. The summed E-state index contributed by atoms with van der Waals surface area (Å²) in [5.41, 5.74) is -0.139. The highest BCUT2D eigenvalue weighted by Crippen LogP contribution is 2.21. The minimum atomic E-state index is -1.19. The Hall–Kier alpha value is -1.10. The molecule has 0 saturated carbocycles. The molecule has 0 aliphatic carbocycles. The van der Waals surface area contributed by atoms with Gasteiger partial charge in [0.15, 0.2) is 12.0 Å². The van der Waals surface area contributed by atoms with Crippen molar-refractivity contribution in [3.63, 3.8) is 0 Å². The van der Waals surface area contributed by atoms with Gasteiger partial charge in [-0.1, -0.05) is 0 Å². The Labute approximate surface area is 69.9 Å². The summed E-state index contributed by atoms with van der Waals surface area (Å²) >= 11 is 2.93. The third-order valence-electron chi connectivity index (χ3n) is 1.10. The van der Waals surface area contributed by atoms with Crippen molar-refractivity contribution >= 4 is 28.2 Å². The lowest BCUT2D eigenvalue weighted by atomic mass is 10.3. The van der Waals surface area contributed by atoms with Gasteiger partial charge in [0.05, 0.1) is 4.47 Å². The SMILES string of the molecule is O=Cc1occ(Br)c1C(=O)O. The smallest absolute Gasteiger partial charge is 0.340 e. The standard InChI is InChI=1S/C6H3BrO4/c7-3-2-11-4(1-8)5(3)6(9)10/h1-2H,(H,9,10). The van der Waals surface area contributed by atoms with Crippen LogP contribution in [0.5, 0.6) is 0 Å². The number of rotatable bonds is 2. The molecule has 58 valence electrons. The first-order chi connectivity index (χ1) is 5.16. The minimum absolute atomic E-state index is 0.139. The Morgan fingerprint density at radius 3 is 2.73 bits per heavy atom. The van der Waals surface area contributed by atoms with Gasteiger partial charge in [0.25, 0.3) is 0 Å². The second-order valence-corrected chi connectivity index (χ2v) is 2.60. The molecule has 0 aromatic carbocycles. The number of carbonyl (C=O) groups is 2. The average Bonchev–Trinajstić information content (AvgIpc) is 2.30. The third-order valence-corrected chi connectivity index (χ3v) is 1.68. The fraction of sp³-hybridized carbons (Fsp3) is 0. The van der Waals surface area contributed by atoms with Gasteiger partial charge in [0.1, 0.15) is 11.8 Å². The monoisotopic (exact) mass is 218 g/mol. The van der Waals surface area contributed by atoms with E-state index in [0.29, 0.717) is 6.29 Å². The lowest BCUT2D eigenvalue weighted by Crippen LogP contribution is -1.98. The zero-order chi connectivity index (χ0) is 8.43. The van der Waals surface area contributed by atoms with Gasteiger partial charge in [-0.25, -0.2) is 4.79 Å². The van der Waals surface area contributed by atoms with E-state index >= 15 is 0 Å². The maximum absolute atomic E-state index is 10.4. The molecular formula is C6H3BrO4. The van der Waals surface area contributed by atoms with Crippen LogP contribution < -0.4 is 0 Å². The molecule has 0 spiro atoms. The van der Waals surface area contributed by atoms with Gasteiger partial charge in [0, 0.05) is 0 Å². The van der Waals surface area contributed by atoms with E-state index in [1.807, 2.05) is 0 Å². The van der Waals surface area contributed by atoms with Gasteiger partial charge in [-0.2, -0.15) is 0 Å². The zero-order valence-electron chi connectivity index (χ0n) is 5.20. The van der Waals surface area contributed by atoms with E-state index in [1.54, 1.807) is 0 Å². The van der Waals surface area contributed by atoms with Crippen LogP contribution in [0.25, 0.3) is 0 Å². The first kappa shape index (κ1) is 8.00. The topological polar surface area (TPSA) is 67.5 Å². The number of furan rings is 1. The molecule has 1 aromatic heterocycles. The summed E-state index contributed by atoms with van der Waals surface area (Å²) in [6.45, 7) is 0. The molecular weight excluding hydrogens is 216 g/mol. The zero-order valence-corrected chi connectivity index (χ0v) is 6.79. The van der Waals surface area contributed by atoms with Gasteiger partial charge in [-0.05, 0) is 15.9 Å². The van der Waals surface area contributed by atoms with Crippen molar-refractivity contribution in [2.75, 3.05) is 0 Å². The number of halogens is 1. The fourth-order valence-electron chi connectivity index (χ4n) is 0.645. The number of hydrogen-bond donors (Lipinski definition) is 1. The van der Waals surface area contributed by atoms with Crippen molar-refractivity contribution in [1.29, 1.82) is 0 Å². The first-order valence-corrected chi connectivity index (χ1v) is 3.41. The maximum Gasteiger partial charge on any atom is 0.340 e. The van der Waals surface area contributed by atoms with Crippen LogP contribution in [0, 0.1) is 0 Å². The van der Waals surface area contributed by atoms with E-state index in [9.17, 15) is 9.59 Å². The molecule has 0 aliphatic rings. The largest absolute Gasteiger partial charge is 0.478 e. The van der Waals surface area contributed by atoms with Crippen LogP contribution in [-0.2, 0) is 0 Å². The predicted molar refractivity (Wildman–Crippen MR) is 38.8 cm³/mol. The summed E-state index contributed by atoms with van der Waals surface area (Å²) in [6.07, 6.45) is 1.52. The summed E-state index contributed by atoms with van der Waals surface area (Å²) in [5.74, 6) is -1.36. The normalized spacial score (nSPS) is 9.55. The number of carboxylic acid groups (broad SMARTS) is 1. The van der Waals surface area contributed by atoms with Crippen LogP contribution in [-0.4, -0.2) is 17.4 Å². The van der Waals surface area contributed by atoms with Crippen molar-refractivity contribution in [3.8, 4) is 0 Å². The summed E-state index contributed by atoms with van der Waals surface area (Å²) in [7, 11) is 0. The Morgan fingerprint density at radius 2 is 2.36 bits per heavy atom. The molecule has 1 aromatic rings. The van der Waals surface area contributed by atoms with Gasteiger partial charge in [-0.15, -0.1) is 0 Å². The molecule has 1 N–H and O–H groups in total. The molecule has 4 nitrogen and oxygen atoms in total. The Bertz CT molecular complexity index is 302. The summed E-state index contributed by atoms with van der Waals surface area (Å²) < 4.78 is 4.88. The van der Waals surface area contributed by atoms with Gasteiger partial charge >= 0.3 is 5.97 Å². The lowest BCUT2D eigenvalue weighted by molar-refractivity contribution is 0.0691. The number of hydrogen-bond acceptors (Lipinski definition) is 3. The molecule has 0 bridgehead atoms. The molecule has 0 fully saturated rings. The van der Waals surface area contributed by atoms with Gasteiger partial charge in [-0.3, -0.25) is 4.79 Å². The number of carbonyl (C=O) groups excluding carboxylic acids is 1. The molecule has 0 amide bonds. The number of aromatic carboxylic acids is 1. The summed E-state index contributed by atoms with van der Waals surface area (Å²) in [6, 6.07) is 0. The van der Waals surface area contributed by atoms with Crippen LogP contribution in [0.3, 0.4) is 0 Å². The van der Waals surface area contributed by atoms with Crippen LogP contribution >= 0.6 is 15.9 Å². The van der Waals surface area contributed by atoms with Crippen LogP contribution in [0.15, 0.2) is 15.2 Å². The van der Waals surface area contributed by atoms with Crippen LogP contribution in [0.2, 0.25) is 0 Å². The molecule has 0 atom stereocenters. The van der Waals surface area contributed by atoms with Crippen molar-refractivity contribution in [2.45, 2.75) is 0 Å². The van der Waals surface area contributed by atoms with Crippen molar-refractivity contribution in [1.82, 2.24) is 0 Å². The molecule has 11 heavy (non-hydrogen) atoms. The second-order valence-electron chi connectivity index (χ2n) is 1.75. The molecule has 0 radical (unpaired) electrons. The number of carboxylic acids is 1.